The predicted molar refractivity (Wildman–Crippen MR) is 117 cm³/mol. The number of hydrogen-bond acceptors (Lipinski definition) is 4. The largest absolute Gasteiger partial charge is 0.466 e. The molecule has 1 saturated heterocycles. The molecule has 0 bridgehead atoms. The third-order valence-electron chi connectivity index (χ3n) is 5.39. The Morgan fingerprint density at radius 2 is 2.10 bits per heavy atom. The Kier molecular flexibility index (Phi) is 7.19. The van der Waals surface area contributed by atoms with Crippen molar-refractivity contribution in [1.29, 1.82) is 0 Å². The van der Waals surface area contributed by atoms with Crippen LogP contribution in [0.15, 0.2) is 24.3 Å². The molecule has 2 aromatic rings. The van der Waals surface area contributed by atoms with Crippen molar-refractivity contribution in [3.05, 3.63) is 46.2 Å². The van der Waals surface area contributed by atoms with E-state index in [9.17, 15) is 9.59 Å². The van der Waals surface area contributed by atoms with E-state index in [2.05, 4.69) is 13.8 Å². The van der Waals surface area contributed by atoms with Gasteiger partial charge < -0.3 is 9.64 Å². The summed E-state index contributed by atoms with van der Waals surface area (Å²) >= 11 is 6.17. The zero-order chi connectivity index (χ0) is 21.8. The molecule has 6 nitrogen and oxygen atoms in total. The van der Waals surface area contributed by atoms with Gasteiger partial charge in [0.25, 0.3) is 5.91 Å². The zero-order valence-corrected chi connectivity index (χ0v) is 18.9. The van der Waals surface area contributed by atoms with Crippen LogP contribution in [0.2, 0.25) is 5.02 Å². The second-order valence-electron chi connectivity index (χ2n) is 8.24. The molecule has 162 valence electrons. The lowest BCUT2D eigenvalue weighted by molar-refractivity contribution is -0.149. The predicted octanol–water partition coefficient (Wildman–Crippen LogP) is 4.45. The van der Waals surface area contributed by atoms with E-state index in [0.717, 1.165) is 29.9 Å². The van der Waals surface area contributed by atoms with Crippen LogP contribution in [0.4, 0.5) is 0 Å². The van der Waals surface area contributed by atoms with Crippen molar-refractivity contribution in [2.45, 2.75) is 47.0 Å². The molecule has 1 fully saturated rings. The van der Waals surface area contributed by atoms with Crippen LogP contribution in [0.3, 0.4) is 0 Å². The van der Waals surface area contributed by atoms with Gasteiger partial charge in [-0.1, -0.05) is 31.5 Å². The number of piperidine rings is 1. The standard InChI is InChI=1S/C23H30ClN3O3/c1-5-30-23(29)17-8-7-11-26(14-17)22(28)21-16(4)27(25-20(21)12-15(2)3)19-10-6-9-18(24)13-19/h6,9-10,13,15,17H,5,7-8,11-12,14H2,1-4H3. The number of likely N-dealkylation sites (tertiary alicyclic amines) is 1. The molecule has 0 aliphatic carbocycles. The van der Waals surface area contributed by atoms with Crippen molar-refractivity contribution in [2.75, 3.05) is 19.7 Å². The first-order valence-corrected chi connectivity index (χ1v) is 11.0. The zero-order valence-electron chi connectivity index (χ0n) is 18.2. The first-order chi connectivity index (χ1) is 14.3. The Bertz CT molecular complexity index is 922. The van der Waals surface area contributed by atoms with Crippen molar-refractivity contribution >= 4 is 23.5 Å². The SMILES string of the molecule is CCOC(=O)C1CCCN(C(=O)c2c(CC(C)C)nn(-c3cccc(Cl)c3)c2C)C1. The van der Waals surface area contributed by atoms with Gasteiger partial charge in [0.05, 0.1) is 35.2 Å². The maximum Gasteiger partial charge on any atom is 0.310 e. The number of esters is 1. The highest BCUT2D eigenvalue weighted by atomic mass is 35.5. The number of hydrogen-bond donors (Lipinski definition) is 0. The van der Waals surface area contributed by atoms with Crippen LogP contribution >= 0.6 is 11.6 Å². The number of carbonyl (C=O) groups is 2. The number of amides is 1. The van der Waals surface area contributed by atoms with E-state index in [0.29, 0.717) is 42.6 Å². The molecule has 1 aliphatic heterocycles. The molecule has 0 N–H and O–H groups in total. The quantitative estimate of drug-likeness (QED) is 0.634. The second kappa shape index (κ2) is 9.65. The minimum Gasteiger partial charge on any atom is -0.466 e. The van der Waals surface area contributed by atoms with Crippen molar-refractivity contribution in [2.24, 2.45) is 11.8 Å². The number of carbonyl (C=O) groups excluding carboxylic acids is 2. The maximum atomic E-state index is 13.6. The summed E-state index contributed by atoms with van der Waals surface area (Å²) in [5.41, 5.74) is 3.03. The van der Waals surface area contributed by atoms with Crippen molar-refractivity contribution in [3.63, 3.8) is 0 Å². The Morgan fingerprint density at radius 1 is 1.33 bits per heavy atom. The van der Waals surface area contributed by atoms with Crippen molar-refractivity contribution in [3.8, 4) is 5.69 Å². The van der Waals surface area contributed by atoms with Crippen molar-refractivity contribution < 1.29 is 14.3 Å². The first-order valence-electron chi connectivity index (χ1n) is 10.6. The van der Waals surface area contributed by atoms with Gasteiger partial charge in [-0.05, 0) is 57.2 Å². The van der Waals surface area contributed by atoms with E-state index in [4.69, 9.17) is 21.4 Å². The van der Waals surface area contributed by atoms with Gasteiger partial charge in [0, 0.05) is 18.1 Å². The normalized spacial score (nSPS) is 16.7. The number of nitrogens with zero attached hydrogens (tertiary/aromatic N) is 3. The Labute approximate surface area is 183 Å². The van der Waals surface area contributed by atoms with Gasteiger partial charge in [0.15, 0.2) is 0 Å². The molecule has 1 amide bonds. The van der Waals surface area contributed by atoms with E-state index >= 15 is 0 Å². The summed E-state index contributed by atoms with van der Waals surface area (Å²) in [5, 5.41) is 5.40. The van der Waals surface area contributed by atoms with E-state index in [1.165, 1.54) is 0 Å². The van der Waals surface area contributed by atoms with Crippen LogP contribution in [0, 0.1) is 18.8 Å². The fourth-order valence-electron chi connectivity index (χ4n) is 4.00. The Hall–Kier alpha value is -2.34. The maximum absolute atomic E-state index is 13.6. The van der Waals surface area contributed by atoms with E-state index in [1.807, 2.05) is 31.2 Å². The number of halogens is 1. The monoisotopic (exact) mass is 431 g/mol. The third kappa shape index (κ3) is 4.86. The summed E-state index contributed by atoms with van der Waals surface area (Å²) in [6.45, 7) is 9.32. The molecule has 0 radical (unpaired) electrons. The highest BCUT2D eigenvalue weighted by Crippen LogP contribution is 2.26. The second-order valence-corrected chi connectivity index (χ2v) is 8.68. The van der Waals surface area contributed by atoms with Gasteiger partial charge in [0.1, 0.15) is 0 Å². The molecular weight excluding hydrogens is 402 g/mol. The highest BCUT2D eigenvalue weighted by Gasteiger charge is 2.33. The minimum atomic E-state index is -0.264. The summed E-state index contributed by atoms with van der Waals surface area (Å²) in [5.74, 6) is -0.194. The average Bonchev–Trinajstić information content (AvgIpc) is 3.03. The van der Waals surface area contributed by atoms with Crippen LogP contribution < -0.4 is 0 Å². The fourth-order valence-corrected chi connectivity index (χ4v) is 4.18. The van der Waals surface area contributed by atoms with Crippen LogP contribution in [0.1, 0.15) is 55.4 Å². The smallest absolute Gasteiger partial charge is 0.310 e. The first kappa shape index (κ1) is 22.3. The summed E-state index contributed by atoms with van der Waals surface area (Å²) < 4.78 is 6.98. The van der Waals surface area contributed by atoms with Gasteiger partial charge in [-0.25, -0.2) is 4.68 Å². The van der Waals surface area contributed by atoms with E-state index in [-0.39, 0.29) is 17.8 Å². The highest BCUT2D eigenvalue weighted by molar-refractivity contribution is 6.30. The molecule has 0 saturated carbocycles. The van der Waals surface area contributed by atoms with Gasteiger partial charge in [-0.3, -0.25) is 9.59 Å². The van der Waals surface area contributed by atoms with E-state index < -0.39 is 0 Å². The molecule has 1 atom stereocenters. The molecule has 1 unspecified atom stereocenters. The molecule has 2 heterocycles. The lowest BCUT2D eigenvalue weighted by Gasteiger charge is -2.31. The van der Waals surface area contributed by atoms with Crippen LogP contribution in [0.5, 0.6) is 0 Å². The molecule has 30 heavy (non-hydrogen) atoms. The van der Waals surface area contributed by atoms with Crippen LogP contribution in [-0.4, -0.2) is 46.3 Å². The average molecular weight is 432 g/mol. The van der Waals surface area contributed by atoms with Gasteiger partial charge in [-0.2, -0.15) is 5.10 Å². The molecule has 3 rings (SSSR count). The summed E-state index contributed by atoms with van der Waals surface area (Å²) in [6.07, 6.45) is 2.24. The molecule has 1 aliphatic rings. The number of benzene rings is 1. The third-order valence-corrected chi connectivity index (χ3v) is 5.62. The number of ether oxygens (including phenoxy) is 1. The number of rotatable bonds is 6. The molecule has 1 aromatic carbocycles. The molecular formula is C23H30ClN3O3. The van der Waals surface area contributed by atoms with Gasteiger partial charge in [-0.15, -0.1) is 0 Å². The lowest BCUT2D eigenvalue weighted by Crippen LogP contribution is -2.43. The van der Waals surface area contributed by atoms with Gasteiger partial charge >= 0.3 is 5.97 Å². The summed E-state index contributed by atoms with van der Waals surface area (Å²) in [6, 6.07) is 7.45. The molecule has 7 heteroatoms. The Balaban J connectivity index is 1.95. The summed E-state index contributed by atoms with van der Waals surface area (Å²) in [4.78, 5) is 27.5. The molecule has 0 spiro atoms. The number of aromatic nitrogens is 2. The van der Waals surface area contributed by atoms with Crippen LogP contribution in [-0.2, 0) is 16.0 Å². The summed E-state index contributed by atoms with van der Waals surface area (Å²) in [7, 11) is 0. The lowest BCUT2D eigenvalue weighted by atomic mass is 9.96. The van der Waals surface area contributed by atoms with E-state index in [1.54, 1.807) is 16.5 Å². The topological polar surface area (TPSA) is 64.4 Å². The van der Waals surface area contributed by atoms with Crippen molar-refractivity contribution in [1.82, 2.24) is 14.7 Å². The molecule has 1 aromatic heterocycles. The fraction of sp³-hybridized carbons (Fsp3) is 0.522. The Morgan fingerprint density at radius 3 is 2.77 bits per heavy atom. The van der Waals surface area contributed by atoms with Crippen LogP contribution in [0.25, 0.3) is 5.69 Å². The minimum absolute atomic E-state index is 0.0644. The van der Waals surface area contributed by atoms with Gasteiger partial charge in [0.2, 0.25) is 0 Å².